The quantitative estimate of drug-likeness (QED) is 0.268. The standard InChI is InChI=1S/C38H30N6O6/c45-33-39(23-11-5-3-6-12-23)35(47)43-37-17-18-38-22-28-32(42-34(46)40(36(48)44(38)42)24-13-7-4-8-14-24)26-16-15-25(29(37)30(26)38)31(41(33)43)27(21-37)49-19-9-1-2-10-20-50-28/h3-8,11-18,21-22,31-32H,1-2,9-10,19-20H2/t31-,32+,37-,38+. The van der Waals surface area contributed by atoms with E-state index in [-0.39, 0.29) is 0 Å². The van der Waals surface area contributed by atoms with Gasteiger partial charge in [-0.05, 0) is 85.4 Å². The Labute approximate surface area is 283 Å². The molecule has 12 nitrogen and oxygen atoms in total. The summed E-state index contributed by atoms with van der Waals surface area (Å²) in [5.74, 6) is 1.23. The van der Waals surface area contributed by atoms with Gasteiger partial charge in [-0.25, -0.2) is 47.0 Å². The molecule has 0 saturated carbocycles. The fraction of sp³-hybridized carbons (Fsp3) is 0.263. The molecule has 2 spiro atoms. The molecule has 0 fully saturated rings. The van der Waals surface area contributed by atoms with Gasteiger partial charge < -0.3 is 9.47 Å². The van der Waals surface area contributed by atoms with Gasteiger partial charge in [-0.1, -0.05) is 48.5 Å². The zero-order chi connectivity index (χ0) is 33.5. The largest absolute Gasteiger partial charge is 0.495 e. The summed E-state index contributed by atoms with van der Waals surface area (Å²) in [5, 5.41) is 0. The third kappa shape index (κ3) is 3.09. The van der Waals surface area contributed by atoms with Gasteiger partial charge in [0.15, 0.2) is 0 Å². The van der Waals surface area contributed by atoms with E-state index < -0.39 is 45.9 Å². The van der Waals surface area contributed by atoms with Gasteiger partial charge in [0.1, 0.15) is 34.7 Å². The first-order valence-corrected chi connectivity index (χ1v) is 17.1. The van der Waals surface area contributed by atoms with Crippen LogP contribution in [-0.2, 0) is 20.6 Å². The van der Waals surface area contributed by atoms with Crippen LogP contribution in [-0.4, -0.2) is 41.1 Å². The molecule has 3 aliphatic carbocycles. The van der Waals surface area contributed by atoms with Crippen molar-refractivity contribution in [3.8, 4) is 11.4 Å². The molecule has 0 unspecified atom stereocenters. The van der Waals surface area contributed by atoms with Crippen LogP contribution in [0.2, 0.25) is 0 Å². The van der Waals surface area contributed by atoms with Crippen molar-refractivity contribution in [2.75, 3.05) is 13.2 Å². The Hall–Kier alpha value is -6.04. The molecule has 4 atom stereocenters. The van der Waals surface area contributed by atoms with Crippen molar-refractivity contribution >= 4 is 0 Å². The van der Waals surface area contributed by atoms with E-state index in [1.54, 1.807) is 57.9 Å². The van der Waals surface area contributed by atoms with Crippen LogP contribution in [0.3, 0.4) is 0 Å². The number of rotatable bonds is 2. The van der Waals surface area contributed by atoms with Crippen LogP contribution in [0, 0.1) is 0 Å². The lowest BCUT2D eigenvalue weighted by Crippen LogP contribution is -2.60. The Kier molecular flexibility index (Phi) is 5.21. The van der Waals surface area contributed by atoms with Crippen molar-refractivity contribution in [2.45, 2.75) is 48.8 Å². The van der Waals surface area contributed by atoms with Crippen LogP contribution in [0.25, 0.3) is 11.4 Å². The topological polar surface area (TPSA) is 116 Å². The average Bonchev–Trinajstić information content (AvgIpc) is 3.58. The second kappa shape index (κ2) is 9.35. The summed E-state index contributed by atoms with van der Waals surface area (Å²) >= 11 is 0. The van der Waals surface area contributed by atoms with Gasteiger partial charge in [-0.15, -0.1) is 0 Å². The molecule has 6 bridgehead atoms. The molecule has 13 rings (SSSR count). The molecule has 3 aromatic carbocycles. The molecule has 0 saturated heterocycles. The van der Waals surface area contributed by atoms with Crippen LogP contribution in [0.15, 0.2) is 128 Å². The van der Waals surface area contributed by atoms with Crippen molar-refractivity contribution in [1.82, 2.24) is 27.9 Å². The smallest absolute Gasteiger partial charge is 0.353 e. The number of ether oxygens (including phenoxy) is 2. The maximum Gasteiger partial charge on any atom is 0.353 e. The predicted molar refractivity (Wildman–Crippen MR) is 181 cm³/mol. The third-order valence-electron chi connectivity index (χ3n) is 11.3. The number of aromatic nitrogens is 6. The van der Waals surface area contributed by atoms with E-state index in [1.165, 1.54) is 18.5 Å². The molecule has 0 amide bonds. The molecule has 12 heteroatoms. The molecule has 0 radical (unpaired) electrons. The molecular weight excluding hydrogens is 636 g/mol. The predicted octanol–water partition coefficient (Wildman–Crippen LogP) is 3.18. The molecule has 5 aliphatic heterocycles. The lowest BCUT2D eigenvalue weighted by molar-refractivity contribution is 0.122. The minimum atomic E-state index is -1.24. The van der Waals surface area contributed by atoms with Crippen LogP contribution < -0.4 is 22.8 Å². The second-order valence-electron chi connectivity index (χ2n) is 13.8. The van der Waals surface area contributed by atoms with Crippen LogP contribution in [0.5, 0.6) is 0 Å². The fourth-order valence-electron chi connectivity index (χ4n) is 9.31. The van der Waals surface area contributed by atoms with Crippen molar-refractivity contribution in [2.24, 2.45) is 0 Å². The van der Waals surface area contributed by atoms with Gasteiger partial charge in [0.2, 0.25) is 0 Å². The first-order valence-electron chi connectivity index (χ1n) is 17.1. The van der Waals surface area contributed by atoms with E-state index >= 15 is 0 Å². The maximum absolute atomic E-state index is 14.6. The van der Waals surface area contributed by atoms with Gasteiger partial charge in [-0.2, -0.15) is 0 Å². The maximum atomic E-state index is 14.6. The summed E-state index contributed by atoms with van der Waals surface area (Å²) < 4.78 is 21.6. The highest BCUT2D eigenvalue weighted by Gasteiger charge is 2.61. The highest BCUT2D eigenvalue weighted by atomic mass is 16.5. The molecule has 2 aromatic heterocycles. The van der Waals surface area contributed by atoms with Crippen molar-refractivity contribution < 1.29 is 9.47 Å². The van der Waals surface area contributed by atoms with Gasteiger partial charge >= 0.3 is 22.8 Å². The Morgan fingerprint density at radius 3 is 1.36 bits per heavy atom. The molecule has 5 aromatic rings. The van der Waals surface area contributed by atoms with E-state index in [2.05, 4.69) is 0 Å². The van der Waals surface area contributed by atoms with Gasteiger partial charge in [0.25, 0.3) is 0 Å². The highest BCUT2D eigenvalue weighted by Crippen LogP contribution is 2.60. The van der Waals surface area contributed by atoms with Gasteiger partial charge in [0, 0.05) is 11.1 Å². The van der Waals surface area contributed by atoms with Gasteiger partial charge in [-0.3, -0.25) is 0 Å². The van der Waals surface area contributed by atoms with Gasteiger partial charge in [0.05, 0.1) is 24.6 Å². The third-order valence-corrected chi connectivity index (χ3v) is 11.3. The summed E-state index contributed by atoms with van der Waals surface area (Å²) in [6.07, 6.45) is 11.2. The summed E-state index contributed by atoms with van der Waals surface area (Å²) in [7, 11) is 0. The minimum absolute atomic E-state index is 0.465. The normalized spacial score (nSPS) is 26.1. The Balaban J connectivity index is 1.26. The number of hydrogen-bond acceptors (Lipinski definition) is 6. The van der Waals surface area contributed by atoms with E-state index in [1.807, 2.05) is 48.6 Å². The molecule has 248 valence electrons. The Morgan fingerprint density at radius 1 is 0.520 bits per heavy atom. The Bertz CT molecular complexity index is 2480. The second-order valence-corrected chi connectivity index (χ2v) is 13.8. The molecular formula is C38H30N6O6. The number of para-hydroxylation sites is 2. The fourth-order valence-corrected chi connectivity index (χ4v) is 9.31. The molecule has 7 heterocycles. The van der Waals surface area contributed by atoms with Crippen molar-refractivity contribution in [1.29, 1.82) is 0 Å². The van der Waals surface area contributed by atoms with E-state index in [9.17, 15) is 19.2 Å². The summed E-state index contributed by atoms with van der Waals surface area (Å²) in [4.78, 5) is 58.0. The number of nitrogens with zero attached hydrogens (tertiary/aromatic N) is 6. The minimum Gasteiger partial charge on any atom is -0.495 e. The average molecular weight is 667 g/mol. The SMILES string of the molecule is O=c1n(-c2ccccc2)c(=O)n2n1[C@@H]1C3=C[C@]24C=C[C@@]25C=C(OCCCCCCO3)[C@@H](c3ccc1c4c32)n1c(=O)n(-c2ccccc2)c(=O)n15. The van der Waals surface area contributed by atoms with E-state index in [0.29, 0.717) is 36.1 Å². The van der Waals surface area contributed by atoms with Crippen molar-refractivity contribution in [3.63, 3.8) is 0 Å². The monoisotopic (exact) mass is 666 g/mol. The number of benzene rings is 3. The van der Waals surface area contributed by atoms with Crippen LogP contribution in [0.1, 0.15) is 60.0 Å². The summed E-state index contributed by atoms with van der Waals surface area (Å²) in [6, 6.07) is 20.4. The number of hydrogen-bond donors (Lipinski definition) is 0. The van der Waals surface area contributed by atoms with Crippen LogP contribution >= 0.6 is 0 Å². The highest BCUT2D eigenvalue weighted by molar-refractivity contribution is 5.68. The van der Waals surface area contributed by atoms with E-state index in [0.717, 1.165) is 47.9 Å². The lowest BCUT2D eigenvalue weighted by atomic mass is 9.62. The Morgan fingerprint density at radius 2 is 0.940 bits per heavy atom. The molecule has 0 N–H and O–H groups in total. The first kappa shape index (κ1) is 27.9. The van der Waals surface area contributed by atoms with E-state index in [4.69, 9.17) is 9.47 Å². The summed E-state index contributed by atoms with van der Waals surface area (Å²) in [5.41, 5.74) is -0.181. The van der Waals surface area contributed by atoms with Crippen LogP contribution in [0.4, 0.5) is 0 Å². The first-order chi connectivity index (χ1) is 24.5. The zero-order valence-corrected chi connectivity index (χ0v) is 26.8. The van der Waals surface area contributed by atoms with Crippen molar-refractivity contribution in [3.05, 3.63) is 173 Å². The lowest BCUT2D eigenvalue weighted by Gasteiger charge is -2.54. The number of allylic oxidation sites excluding steroid dienone is 6. The zero-order valence-electron chi connectivity index (χ0n) is 26.8. The molecule has 50 heavy (non-hydrogen) atoms. The molecule has 8 aliphatic rings. The summed E-state index contributed by atoms with van der Waals surface area (Å²) in [6.45, 7) is 0.931.